The summed E-state index contributed by atoms with van der Waals surface area (Å²) in [7, 11) is 0. The van der Waals surface area contributed by atoms with Gasteiger partial charge >= 0.3 is 12.4 Å². The largest absolute Gasteiger partial charge is 0.411 e. The lowest BCUT2D eigenvalue weighted by molar-refractivity contribution is -0.288. The molecule has 4 aromatic carbocycles. The number of aryl methyl sites for hydroxylation is 2. The maximum atomic E-state index is 15.1. The van der Waals surface area contributed by atoms with Crippen molar-refractivity contribution in [3.05, 3.63) is 127 Å². The number of imide groups is 2. The Kier molecular flexibility index (Phi) is 7.33. The first kappa shape index (κ1) is 32.3. The molecular weight excluding hydrogens is 673 g/mol. The number of nitrogens with zero attached hydrogens (tertiary/aromatic N) is 2. The third kappa shape index (κ3) is 4.64. The van der Waals surface area contributed by atoms with Gasteiger partial charge in [0.15, 0.2) is 0 Å². The van der Waals surface area contributed by atoms with E-state index in [1.54, 1.807) is 26.0 Å². The van der Waals surface area contributed by atoms with Gasteiger partial charge in [0.1, 0.15) is 0 Å². The second-order valence-electron chi connectivity index (χ2n) is 11.0. The van der Waals surface area contributed by atoms with Gasteiger partial charge < -0.3 is 0 Å². The van der Waals surface area contributed by atoms with Crippen LogP contribution in [-0.2, 0) is 5.41 Å². The van der Waals surface area contributed by atoms with Crippen molar-refractivity contribution >= 4 is 58.2 Å². The van der Waals surface area contributed by atoms with Gasteiger partial charge in [-0.05, 0) is 79.1 Å². The molecular formula is C33H18Cl2F6N2O4. The molecule has 0 radical (unpaired) electrons. The molecule has 0 aliphatic carbocycles. The van der Waals surface area contributed by atoms with Gasteiger partial charge in [0.05, 0.1) is 38.7 Å². The van der Waals surface area contributed by atoms with E-state index in [1.807, 2.05) is 0 Å². The molecule has 6 nitrogen and oxygen atoms in total. The lowest BCUT2D eigenvalue weighted by atomic mass is 9.71. The number of hydrogen-bond acceptors (Lipinski definition) is 4. The van der Waals surface area contributed by atoms with Crippen molar-refractivity contribution in [1.29, 1.82) is 0 Å². The molecule has 0 aromatic heterocycles. The smallest absolute Gasteiger partial charge is 0.268 e. The topological polar surface area (TPSA) is 74.8 Å². The number of fused-ring (bicyclic) bond motifs is 2. The lowest BCUT2D eigenvalue weighted by Gasteiger charge is -2.38. The fourth-order valence-corrected chi connectivity index (χ4v) is 6.58. The van der Waals surface area contributed by atoms with Crippen LogP contribution in [0.15, 0.2) is 72.8 Å². The third-order valence-corrected chi connectivity index (χ3v) is 8.77. The predicted molar refractivity (Wildman–Crippen MR) is 160 cm³/mol. The van der Waals surface area contributed by atoms with E-state index in [2.05, 4.69) is 0 Å². The van der Waals surface area contributed by atoms with E-state index in [4.69, 9.17) is 23.2 Å². The van der Waals surface area contributed by atoms with Crippen LogP contribution in [0.25, 0.3) is 0 Å². The Morgan fingerprint density at radius 3 is 1.43 bits per heavy atom. The first-order chi connectivity index (χ1) is 21.9. The van der Waals surface area contributed by atoms with Crippen LogP contribution in [0.4, 0.5) is 37.7 Å². The molecule has 240 valence electrons. The molecule has 0 bridgehead atoms. The van der Waals surface area contributed by atoms with Crippen LogP contribution in [-0.4, -0.2) is 36.0 Å². The number of amides is 4. The van der Waals surface area contributed by atoms with E-state index < -0.39 is 69.2 Å². The van der Waals surface area contributed by atoms with Crippen molar-refractivity contribution in [2.24, 2.45) is 0 Å². The lowest BCUT2D eigenvalue weighted by Crippen LogP contribution is -2.55. The van der Waals surface area contributed by atoms with Crippen LogP contribution in [0.3, 0.4) is 0 Å². The Balaban J connectivity index is 1.52. The summed E-state index contributed by atoms with van der Waals surface area (Å²) in [6.45, 7) is 3.35. The molecule has 4 amide bonds. The Bertz CT molecular complexity index is 1930. The normalized spacial score (nSPS) is 15.1. The monoisotopic (exact) mass is 690 g/mol. The van der Waals surface area contributed by atoms with Crippen molar-refractivity contribution in [2.75, 3.05) is 9.80 Å². The first-order valence-electron chi connectivity index (χ1n) is 13.6. The summed E-state index contributed by atoms with van der Waals surface area (Å²) in [5.74, 6) is -4.27. The van der Waals surface area contributed by atoms with Gasteiger partial charge in [-0.15, -0.1) is 0 Å². The molecule has 47 heavy (non-hydrogen) atoms. The van der Waals surface area contributed by atoms with Gasteiger partial charge in [-0.2, -0.15) is 26.3 Å². The Morgan fingerprint density at radius 2 is 0.979 bits per heavy atom. The number of carbonyl (C=O) groups is 4. The fourth-order valence-electron chi connectivity index (χ4n) is 6.09. The predicted octanol–water partition coefficient (Wildman–Crippen LogP) is 8.62. The summed E-state index contributed by atoms with van der Waals surface area (Å²) >= 11 is 12.0. The molecule has 2 aliphatic rings. The van der Waals surface area contributed by atoms with E-state index in [0.717, 1.165) is 11.6 Å². The van der Waals surface area contributed by atoms with Crippen LogP contribution in [0, 0.1) is 13.8 Å². The molecule has 0 unspecified atom stereocenters. The maximum absolute atomic E-state index is 15.1. The standard InChI is InChI=1S/C33H18Cl2F6N2O4/c1-15-3-9-25(16(2)11-15)42-27(44)20-7-4-17(12-22(20)29(42)46)31(32(36,37)38,33(39,40)41)18-5-8-21-23(13-18)30(47)43(28(21)45)26-10-6-19(34)14-24(26)35/h3-14H,1-2H3. The third-order valence-electron chi connectivity index (χ3n) is 8.23. The minimum absolute atomic E-state index is 0.119. The average Bonchev–Trinajstić information content (AvgIpc) is 3.36. The molecule has 2 heterocycles. The Hall–Kier alpha value is -4.68. The van der Waals surface area contributed by atoms with Crippen LogP contribution in [0.2, 0.25) is 10.0 Å². The number of hydrogen-bond donors (Lipinski definition) is 0. The van der Waals surface area contributed by atoms with E-state index in [0.29, 0.717) is 45.7 Å². The SMILES string of the molecule is Cc1ccc(N2C(=O)c3ccc(C(c4ccc5c(c4)C(=O)N(c4ccc(Cl)cc4Cl)C5=O)(C(F)(F)F)C(F)(F)F)cc3C2=O)c(C)c1. The van der Waals surface area contributed by atoms with Crippen LogP contribution in [0.1, 0.15) is 63.7 Å². The molecule has 0 saturated carbocycles. The van der Waals surface area contributed by atoms with Gasteiger partial charge in [0.25, 0.3) is 23.6 Å². The molecule has 0 saturated heterocycles. The zero-order valence-electron chi connectivity index (χ0n) is 24.0. The van der Waals surface area contributed by atoms with Crippen molar-refractivity contribution < 1.29 is 45.5 Å². The summed E-state index contributed by atoms with van der Waals surface area (Å²) in [6.07, 6.45) is -12.2. The summed E-state index contributed by atoms with van der Waals surface area (Å²) in [4.78, 5) is 54.4. The maximum Gasteiger partial charge on any atom is 0.411 e. The van der Waals surface area contributed by atoms with Crippen molar-refractivity contribution in [3.63, 3.8) is 0 Å². The second kappa shape index (κ2) is 10.7. The van der Waals surface area contributed by atoms with Crippen LogP contribution >= 0.6 is 23.2 Å². The number of alkyl halides is 6. The van der Waals surface area contributed by atoms with Crippen molar-refractivity contribution in [3.8, 4) is 0 Å². The average molecular weight is 691 g/mol. The zero-order valence-corrected chi connectivity index (χ0v) is 25.5. The summed E-state index contributed by atoms with van der Waals surface area (Å²) in [6, 6.07) is 11.5. The van der Waals surface area contributed by atoms with Crippen LogP contribution in [0.5, 0.6) is 0 Å². The van der Waals surface area contributed by atoms with Crippen molar-refractivity contribution in [2.45, 2.75) is 31.6 Å². The van der Waals surface area contributed by atoms with Gasteiger partial charge in [0.2, 0.25) is 5.41 Å². The fraction of sp³-hybridized carbons (Fsp3) is 0.152. The zero-order chi connectivity index (χ0) is 34.4. The molecule has 0 N–H and O–H groups in total. The van der Waals surface area contributed by atoms with Gasteiger partial charge in [-0.3, -0.25) is 19.2 Å². The Morgan fingerprint density at radius 1 is 0.532 bits per heavy atom. The van der Waals surface area contributed by atoms with Crippen molar-refractivity contribution in [1.82, 2.24) is 0 Å². The Labute approximate surface area is 272 Å². The molecule has 0 spiro atoms. The number of halogens is 8. The van der Waals surface area contributed by atoms with Crippen LogP contribution < -0.4 is 9.80 Å². The van der Waals surface area contributed by atoms with E-state index >= 15 is 26.3 Å². The molecule has 0 atom stereocenters. The minimum Gasteiger partial charge on any atom is -0.268 e. The molecule has 2 aliphatic heterocycles. The summed E-state index contributed by atoms with van der Waals surface area (Å²) < 4.78 is 90.5. The van der Waals surface area contributed by atoms with Gasteiger partial charge in [-0.25, -0.2) is 9.80 Å². The van der Waals surface area contributed by atoms with Gasteiger partial charge in [-0.1, -0.05) is 53.0 Å². The molecule has 4 aromatic rings. The number of carbonyl (C=O) groups excluding carboxylic acids is 4. The highest BCUT2D eigenvalue weighted by Crippen LogP contribution is 2.57. The minimum atomic E-state index is -6.10. The molecule has 6 rings (SSSR count). The summed E-state index contributed by atoms with van der Waals surface area (Å²) in [5.41, 5.74) is -8.70. The highest BCUT2D eigenvalue weighted by Gasteiger charge is 2.73. The van der Waals surface area contributed by atoms with E-state index in [-0.39, 0.29) is 27.0 Å². The number of rotatable bonds is 4. The number of anilines is 2. The highest BCUT2D eigenvalue weighted by molar-refractivity contribution is 6.41. The molecule has 14 heteroatoms. The second-order valence-corrected chi connectivity index (χ2v) is 11.9. The molecule has 0 fully saturated rings. The quantitative estimate of drug-likeness (QED) is 0.159. The first-order valence-corrected chi connectivity index (χ1v) is 14.4. The van der Waals surface area contributed by atoms with E-state index in [9.17, 15) is 19.2 Å². The number of benzene rings is 4. The van der Waals surface area contributed by atoms with Gasteiger partial charge in [0, 0.05) is 5.02 Å². The van der Waals surface area contributed by atoms with E-state index in [1.165, 1.54) is 24.3 Å². The summed E-state index contributed by atoms with van der Waals surface area (Å²) in [5, 5.41) is -0.0242. The highest BCUT2D eigenvalue weighted by atomic mass is 35.5.